The van der Waals surface area contributed by atoms with Gasteiger partial charge in [-0.15, -0.1) is 0 Å². The van der Waals surface area contributed by atoms with Gasteiger partial charge in [0, 0.05) is 12.5 Å². The fourth-order valence-electron chi connectivity index (χ4n) is 1.93. The lowest BCUT2D eigenvalue weighted by Gasteiger charge is -2.26. The van der Waals surface area contributed by atoms with Crippen LogP contribution < -0.4 is 4.74 Å². The molecule has 0 saturated carbocycles. The molecule has 0 bridgehead atoms. The van der Waals surface area contributed by atoms with Gasteiger partial charge in [-0.05, 0) is 44.6 Å². The SMILES string of the molecule is COC(=O)Oc1cc(C(C)CO)c(C(C)(C)C)cc1Br. The maximum Gasteiger partial charge on any atom is 0.513 e. The quantitative estimate of drug-likeness (QED) is 0.665. The molecule has 0 aliphatic heterocycles. The van der Waals surface area contributed by atoms with Crippen LogP contribution in [0.3, 0.4) is 0 Å². The van der Waals surface area contributed by atoms with Crippen molar-refractivity contribution < 1.29 is 19.4 Å². The fourth-order valence-corrected chi connectivity index (χ4v) is 2.36. The standard InChI is InChI=1S/C15H21BrO4/c1-9(8-17)10-6-13(20-14(18)19-5)12(16)7-11(10)15(2,3)4/h6-7,9,17H,8H2,1-5H3. The average molecular weight is 345 g/mol. The zero-order valence-electron chi connectivity index (χ0n) is 12.5. The van der Waals surface area contributed by atoms with E-state index in [0.29, 0.717) is 10.2 Å². The summed E-state index contributed by atoms with van der Waals surface area (Å²) in [7, 11) is 1.26. The van der Waals surface area contributed by atoms with Gasteiger partial charge in [-0.1, -0.05) is 27.7 Å². The van der Waals surface area contributed by atoms with E-state index in [-0.39, 0.29) is 17.9 Å². The highest BCUT2D eigenvalue weighted by Gasteiger charge is 2.23. The van der Waals surface area contributed by atoms with Gasteiger partial charge in [0.25, 0.3) is 0 Å². The number of aliphatic hydroxyl groups excluding tert-OH is 1. The minimum atomic E-state index is -0.767. The van der Waals surface area contributed by atoms with Crippen molar-refractivity contribution in [3.8, 4) is 5.75 Å². The maximum atomic E-state index is 11.3. The van der Waals surface area contributed by atoms with Crippen LogP contribution in [0.15, 0.2) is 16.6 Å². The molecule has 112 valence electrons. The van der Waals surface area contributed by atoms with Crippen LogP contribution in [-0.2, 0) is 10.2 Å². The number of carbonyl (C=O) groups is 1. The highest BCUT2D eigenvalue weighted by Crippen LogP contribution is 2.38. The highest BCUT2D eigenvalue weighted by molar-refractivity contribution is 9.10. The van der Waals surface area contributed by atoms with Crippen LogP contribution in [-0.4, -0.2) is 25.0 Å². The van der Waals surface area contributed by atoms with Gasteiger partial charge in [0.15, 0.2) is 0 Å². The molecule has 0 amide bonds. The molecule has 5 heteroatoms. The molecule has 1 unspecified atom stereocenters. The monoisotopic (exact) mass is 344 g/mol. The number of carbonyl (C=O) groups excluding carboxylic acids is 1. The number of benzene rings is 1. The van der Waals surface area contributed by atoms with Gasteiger partial charge >= 0.3 is 6.16 Å². The molecule has 1 rings (SSSR count). The van der Waals surface area contributed by atoms with Gasteiger partial charge in [-0.25, -0.2) is 4.79 Å². The minimum absolute atomic E-state index is 0.0301. The van der Waals surface area contributed by atoms with Crippen molar-refractivity contribution in [2.75, 3.05) is 13.7 Å². The minimum Gasteiger partial charge on any atom is -0.437 e. The molecule has 0 aliphatic rings. The van der Waals surface area contributed by atoms with Crippen LogP contribution in [0.1, 0.15) is 44.7 Å². The lowest BCUT2D eigenvalue weighted by atomic mass is 9.80. The lowest BCUT2D eigenvalue weighted by molar-refractivity contribution is 0.121. The topological polar surface area (TPSA) is 55.8 Å². The van der Waals surface area contributed by atoms with Gasteiger partial charge in [-0.3, -0.25) is 0 Å². The molecule has 1 aromatic rings. The second-order valence-corrected chi connectivity index (χ2v) is 6.61. The zero-order valence-corrected chi connectivity index (χ0v) is 14.1. The Balaban J connectivity index is 3.36. The van der Waals surface area contributed by atoms with Gasteiger partial charge in [-0.2, -0.15) is 0 Å². The van der Waals surface area contributed by atoms with Crippen molar-refractivity contribution in [3.05, 3.63) is 27.7 Å². The third kappa shape index (κ3) is 3.96. The molecule has 0 aromatic heterocycles. The number of halogens is 1. The summed E-state index contributed by atoms with van der Waals surface area (Å²) in [6, 6.07) is 3.71. The smallest absolute Gasteiger partial charge is 0.437 e. The number of hydrogen-bond donors (Lipinski definition) is 1. The Morgan fingerprint density at radius 1 is 1.40 bits per heavy atom. The van der Waals surface area contributed by atoms with E-state index in [1.165, 1.54) is 7.11 Å². The normalized spacial score (nSPS) is 12.9. The van der Waals surface area contributed by atoms with Crippen LogP contribution in [0.5, 0.6) is 5.75 Å². The lowest BCUT2D eigenvalue weighted by Crippen LogP contribution is -2.17. The van der Waals surface area contributed by atoms with Gasteiger partial charge in [0.1, 0.15) is 5.75 Å². The summed E-state index contributed by atoms with van der Waals surface area (Å²) in [6.45, 7) is 8.26. The summed E-state index contributed by atoms with van der Waals surface area (Å²) in [5.41, 5.74) is 1.98. The van der Waals surface area contributed by atoms with Crippen LogP contribution in [0.4, 0.5) is 4.79 Å². The van der Waals surface area contributed by atoms with Crippen molar-refractivity contribution in [3.63, 3.8) is 0 Å². The first-order valence-corrected chi connectivity index (χ1v) is 7.20. The Bertz CT molecular complexity index is 491. The summed E-state index contributed by atoms with van der Waals surface area (Å²) >= 11 is 3.41. The van der Waals surface area contributed by atoms with Crippen molar-refractivity contribution in [2.45, 2.75) is 39.0 Å². The van der Waals surface area contributed by atoms with Gasteiger partial charge in [0.2, 0.25) is 0 Å². The van der Waals surface area contributed by atoms with Crippen molar-refractivity contribution in [2.24, 2.45) is 0 Å². The summed E-state index contributed by atoms with van der Waals surface area (Å²) in [5.74, 6) is 0.345. The second-order valence-electron chi connectivity index (χ2n) is 5.76. The highest BCUT2D eigenvalue weighted by atomic mass is 79.9. The molecule has 1 atom stereocenters. The van der Waals surface area contributed by atoms with E-state index >= 15 is 0 Å². The van der Waals surface area contributed by atoms with E-state index in [1.807, 2.05) is 13.0 Å². The fraction of sp³-hybridized carbons (Fsp3) is 0.533. The largest absolute Gasteiger partial charge is 0.513 e. The molecular formula is C15H21BrO4. The molecule has 0 spiro atoms. The maximum absolute atomic E-state index is 11.3. The van der Waals surface area contributed by atoms with Crippen LogP contribution in [0.2, 0.25) is 0 Å². The molecule has 4 nitrogen and oxygen atoms in total. The predicted octanol–water partition coefficient (Wildman–Crippen LogP) is 3.99. The summed E-state index contributed by atoms with van der Waals surface area (Å²) in [4.78, 5) is 11.3. The van der Waals surface area contributed by atoms with Gasteiger partial charge in [0.05, 0.1) is 11.6 Å². The Kier molecular flexibility index (Phi) is 5.59. The molecule has 0 heterocycles. The van der Waals surface area contributed by atoms with E-state index in [0.717, 1.165) is 11.1 Å². The van der Waals surface area contributed by atoms with Crippen molar-refractivity contribution in [1.29, 1.82) is 0 Å². The van der Waals surface area contributed by atoms with Crippen LogP contribution >= 0.6 is 15.9 Å². The Labute approximate surface area is 128 Å². The third-order valence-electron chi connectivity index (χ3n) is 3.08. The second kappa shape index (κ2) is 6.59. The molecule has 1 aromatic carbocycles. The number of rotatable bonds is 3. The number of ether oxygens (including phenoxy) is 2. The summed E-state index contributed by atoms with van der Waals surface area (Å²) in [6.07, 6.45) is -0.767. The third-order valence-corrected chi connectivity index (χ3v) is 3.70. The Morgan fingerprint density at radius 2 is 2.00 bits per heavy atom. The van der Waals surface area contributed by atoms with Crippen LogP contribution in [0.25, 0.3) is 0 Å². The van der Waals surface area contributed by atoms with Crippen molar-refractivity contribution >= 4 is 22.1 Å². The summed E-state index contributed by atoms with van der Waals surface area (Å²) < 4.78 is 10.3. The number of hydrogen-bond acceptors (Lipinski definition) is 4. The molecule has 0 fully saturated rings. The average Bonchev–Trinajstić information content (AvgIpc) is 2.38. The molecular weight excluding hydrogens is 324 g/mol. The van der Waals surface area contributed by atoms with E-state index in [4.69, 9.17) is 4.74 Å². The van der Waals surface area contributed by atoms with Crippen LogP contribution in [0, 0.1) is 0 Å². The first kappa shape index (κ1) is 17.0. The number of aliphatic hydroxyl groups is 1. The number of methoxy groups -OCH3 is 1. The van der Waals surface area contributed by atoms with Gasteiger partial charge < -0.3 is 14.6 Å². The first-order valence-electron chi connectivity index (χ1n) is 6.41. The Morgan fingerprint density at radius 3 is 2.45 bits per heavy atom. The molecule has 0 aliphatic carbocycles. The van der Waals surface area contributed by atoms with Crippen molar-refractivity contribution in [1.82, 2.24) is 0 Å². The van der Waals surface area contributed by atoms with E-state index in [2.05, 4.69) is 41.4 Å². The zero-order chi connectivity index (χ0) is 15.5. The summed E-state index contributed by atoms with van der Waals surface area (Å²) in [5, 5.41) is 9.42. The predicted molar refractivity (Wildman–Crippen MR) is 81.4 cm³/mol. The van der Waals surface area contributed by atoms with E-state index in [1.54, 1.807) is 6.07 Å². The first-order chi connectivity index (χ1) is 9.20. The molecule has 1 N–H and O–H groups in total. The Hall–Kier alpha value is -1.07. The molecule has 0 saturated heterocycles. The van der Waals surface area contributed by atoms with E-state index in [9.17, 15) is 9.90 Å². The van der Waals surface area contributed by atoms with E-state index < -0.39 is 6.16 Å². The molecule has 20 heavy (non-hydrogen) atoms. The molecule has 0 radical (unpaired) electrons.